The number of thiazole rings is 1. The van der Waals surface area contributed by atoms with Gasteiger partial charge in [-0.1, -0.05) is 24.3 Å². The molecule has 176 valence electrons. The molecule has 4 rings (SSSR count). The van der Waals surface area contributed by atoms with Gasteiger partial charge in [-0.2, -0.15) is 0 Å². The number of hydrogen-bond acceptors (Lipinski definition) is 7. The summed E-state index contributed by atoms with van der Waals surface area (Å²) in [7, 11) is 5.87. The average Bonchev–Trinajstić information content (AvgIpc) is 3.19. The van der Waals surface area contributed by atoms with Crippen LogP contribution in [-0.2, 0) is 24.4 Å². The number of anilines is 2. The Hall–Kier alpha value is -2.61. The summed E-state index contributed by atoms with van der Waals surface area (Å²) in [5, 5.41) is 1.06. The van der Waals surface area contributed by atoms with Crippen LogP contribution in [0.3, 0.4) is 0 Å². The molecule has 7 heteroatoms. The second-order valence-corrected chi connectivity index (χ2v) is 9.73. The number of aromatic nitrogens is 1. The SMILES string of the molecule is COc1cccc(CN(Cc2cccc(N(C)C)c2)c2nc(C)c(CN3CCOCC3)s2)c1. The van der Waals surface area contributed by atoms with E-state index < -0.39 is 0 Å². The maximum atomic E-state index is 5.51. The minimum atomic E-state index is 0.771. The van der Waals surface area contributed by atoms with Gasteiger partial charge in [0.1, 0.15) is 5.75 Å². The third-order valence-electron chi connectivity index (χ3n) is 5.93. The van der Waals surface area contributed by atoms with Gasteiger partial charge >= 0.3 is 0 Å². The highest BCUT2D eigenvalue weighted by molar-refractivity contribution is 7.15. The van der Waals surface area contributed by atoms with Gasteiger partial charge < -0.3 is 19.3 Å². The molecule has 0 bridgehead atoms. The summed E-state index contributed by atoms with van der Waals surface area (Å²) in [6.07, 6.45) is 0. The molecule has 0 N–H and O–H groups in total. The second-order valence-electron chi connectivity index (χ2n) is 8.67. The van der Waals surface area contributed by atoms with Gasteiger partial charge in [0.05, 0.1) is 26.0 Å². The van der Waals surface area contributed by atoms with Crippen LogP contribution in [0.25, 0.3) is 0 Å². The van der Waals surface area contributed by atoms with Crippen LogP contribution in [0.2, 0.25) is 0 Å². The maximum Gasteiger partial charge on any atom is 0.186 e. The molecular weight excluding hydrogens is 432 g/mol. The Morgan fingerprint density at radius 2 is 1.73 bits per heavy atom. The van der Waals surface area contributed by atoms with Crippen LogP contribution in [0.5, 0.6) is 5.75 Å². The Morgan fingerprint density at radius 1 is 1.03 bits per heavy atom. The van der Waals surface area contributed by atoms with E-state index in [0.717, 1.165) is 62.5 Å². The Bertz CT molecular complexity index is 1050. The van der Waals surface area contributed by atoms with Gasteiger partial charge in [0, 0.05) is 57.4 Å². The van der Waals surface area contributed by atoms with E-state index in [1.165, 1.54) is 21.7 Å². The Balaban J connectivity index is 1.60. The molecule has 0 atom stereocenters. The lowest BCUT2D eigenvalue weighted by Crippen LogP contribution is -2.35. The first kappa shape index (κ1) is 23.5. The standard InChI is InChI=1S/C26H34N4O2S/c1-20-25(19-29-11-13-32-14-12-29)33-26(27-20)30(18-22-8-6-10-24(16-22)31-4)17-21-7-5-9-23(15-21)28(2)3/h5-10,15-16H,11-14,17-19H2,1-4H3. The van der Waals surface area contributed by atoms with E-state index in [1.807, 2.05) is 17.4 Å². The largest absolute Gasteiger partial charge is 0.497 e. The molecule has 1 aliphatic heterocycles. The van der Waals surface area contributed by atoms with Gasteiger partial charge in [-0.25, -0.2) is 4.98 Å². The zero-order chi connectivity index (χ0) is 23.2. The molecule has 0 saturated carbocycles. The highest BCUT2D eigenvalue weighted by atomic mass is 32.1. The molecule has 33 heavy (non-hydrogen) atoms. The van der Waals surface area contributed by atoms with Crippen molar-refractivity contribution < 1.29 is 9.47 Å². The van der Waals surface area contributed by atoms with Crippen molar-refractivity contribution >= 4 is 22.2 Å². The zero-order valence-corrected chi connectivity index (χ0v) is 20.9. The van der Waals surface area contributed by atoms with Gasteiger partial charge in [-0.3, -0.25) is 4.90 Å². The fourth-order valence-corrected chi connectivity index (χ4v) is 5.09. The number of methoxy groups -OCH3 is 1. The molecule has 2 heterocycles. The second kappa shape index (κ2) is 11.0. The summed E-state index contributed by atoms with van der Waals surface area (Å²) < 4.78 is 11.0. The van der Waals surface area contributed by atoms with Crippen molar-refractivity contribution in [2.45, 2.75) is 26.6 Å². The van der Waals surface area contributed by atoms with Crippen molar-refractivity contribution in [3.63, 3.8) is 0 Å². The highest BCUT2D eigenvalue weighted by Gasteiger charge is 2.19. The van der Waals surface area contributed by atoms with Crippen LogP contribution in [0.1, 0.15) is 21.7 Å². The van der Waals surface area contributed by atoms with E-state index in [4.69, 9.17) is 14.5 Å². The van der Waals surface area contributed by atoms with Crippen LogP contribution in [-0.4, -0.2) is 57.4 Å². The summed E-state index contributed by atoms with van der Waals surface area (Å²) >= 11 is 1.81. The van der Waals surface area contributed by atoms with Gasteiger partial charge in [-0.15, -0.1) is 11.3 Å². The van der Waals surface area contributed by atoms with Crippen LogP contribution in [0.15, 0.2) is 48.5 Å². The summed E-state index contributed by atoms with van der Waals surface area (Å²) in [6.45, 7) is 8.23. The van der Waals surface area contributed by atoms with Crippen molar-refractivity contribution in [1.82, 2.24) is 9.88 Å². The monoisotopic (exact) mass is 466 g/mol. The summed E-state index contributed by atoms with van der Waals surface area (Å²) in [5.74, 6) is 0.880. The molecule has 6 nitrogen and oxygen atoms in total. The molecule has 1 saturated heterocycles. The molecule has 1 aromatic heterocycles. The molecule has 0 spiro atoms. The smallest absolute Gasteiger partial charge is 0.186 e. The lowest BCUT2D eigenvalue weighted by molar-refractivity contribution is 0.0345. The molecule has 1 fully saturated rings. The molecule has 0 amide bonds. The first-order chi connectivity index (χ1) is 16.0. The van der Waals surface area contributed by atoms with Crippen molar-refractivity contribution in [1.29, 1.82) is 0 Å². The van der Waals surface area contributed by atoms with Crippen molar-refractivity contribution in [3.8, 4) is 5.75 Å². The minimum absolute atomic E-state index is 0.771. The number of aryl methyl sites for hydroxylation is 1. The van der Waals surface area contributed by atoms with Crippen LogP contribution < -0.4 is 14.5 Å². The Labute approximate surface area is 201 Å². The van der Waals surface area contributed by atoms with Crippen molar-refractivity contribution in [2.75, 3.05) is 57.3 Å². The molecule has 3 aromatic rings. The lowest BCUT2D eigenvalue weighted by Gasteiger charge is -2.26. The number of ether oxygens (including phenoxy) is 2. The van der Waals surface area contributed by atoms with Gasteiger partial charge in [0.15, 0.2) is 5.13 Å². The topological polar surface area (TPSA) is 41.1 Å². The van der Waals surface area contributed by atoms with E-state index in [1.54, 1.807) is 7.11 Å². The molecule has 0 aliphatic carbocycles. The van der Waals surface area contributed by atoms with Gasteiger partial charge in [0.2, 0.25) is 0 Å². The van der Waals surface area contributed by atoms with E-state index in [9.17, 15) is 0 Å². The fourth-order valence-electron chi connectivity index (χ4n) is 3.99. The number of benzene rings is 2. The summed E-state index contributed by atoms with van der Waals surface area (Å²) in [4.78, 5) is 13.3. The lowest BCUT2D eigenvalue weighted by atomic mass is 10.1. The van der Waals surface area contributed by atoms with E-state index in [0.29, 0.717) is 0 Å². The number of nitrogens with zero attached hydrogens (tertiary/aromatic N) is 4. The quantitative estimate of drug-likeness (QED) is 0.460. The normalized spacial score (nSPS) is 14.3. The Morgan fingerprint density at radius 3 is 2.42 bits per heavy atom. The molecule has 1 aliphatic rings. The van der Waals surface area contributed by atoms with Gasteiger partial charge in [0.25, 0.3) is 0 Å². The number of rotatable bonds is 9. The molecule has 0 unspecified atom stereocenters. The van der Waals surface area contributed by atoms with E-state index in [-0.39, 0.29) is 0 Å². The van der Waals surface area contributed by atoms with Gasteiger partial charge in [-0.05, 0) is 42.3 Å². The third kappa shape index (κ3) is 6.25. The number of hydrogen-bond donors (Lipinski definition) is 0. The predicted molar refractivity (Wildman–Crippen MR) is 137 cm³/mol. The third-order valence-corrected chi connectivity index (χ3v) is 7.13. The maximum absolute atomic E-state index is 5.51. The fraction of sp³-hybridized carbons (Fsp3) is 0.423. The number of morpholine rings is 1. The minimum Gasteiger partial charge on any atom is -0.497 e. The molecular formula is C26H34N4O2S. The zero-order valence-electron chi connectivity index (χ0n) is 20.1. The highest BCUT2D eigenvalue weighted by Crippen LogP contribution is 2.31. The van der Waals surface area contributed by atoms with Crippen LogP contribution in [0, 0.1) is 6.92 Å². The van der Waals surface area contributed by atoms with Crippen LogP contribution in [0.4, 0.5) is 10.8 Å². The van der Waals surface area contributed by atoms with Crippen LogP contribution >= 0.6 is 11.3 Å². The summed E-state index contributed by atoms with van der Waals surface area (Å²) in [5.41, 5.74) is 4.81. The molecule has 2 aromatic carbocycles. The van der Waals surface area contributed by atoms with Crippen molar-refractivity contribution in [3.05, 3.63) is 70.2 Å². The summed E-state index contributed by atoms with van der Waals surface area (Å²) in [6, 6.07) is 17.0. The Kier molecular flexibility index (Phi) is 7.85. The molecule has 0 radical (unpaired) electrons. The first-order valence-corrected chi connectivity index (χ1v) is 12.2. The predicted octanol–water partition coefficient (Wildman–Crippen LogP) is 4.57. The first-order valence-electron chi connectivity index (χ1n) is 11.4. The van der Waals surface area contributed by atoms with Crippen molar-refractivity contribution in [2.24, 2.45) is 0 Å². The average molecular weight is 467 g/mol. The van der Waals surface area contributed by atoms with E-state index >= 15 is 0 Å². The van der Waals surface area contributed by atoms with E-state index in [2.05, 4.69) is 78.2 Å².